The van der Waals surface area contributed by atoms with Gasteiger partial charge >= 0.3 is 0 Å². The van der Waals surface area contributed by atoms with Gasteiger partial charge in [0.05, 0.1) is 11.1 Å². The molecule has 1 N–H and O–H groups in total. The second-order valence-corrected chi connectivity index (χ2v) is 5.60. The maximum Gasteiger partial charge on any atom is 0.142 e. The van der Waals surface area contributed by atoms with Crippen molar-refractivity contribution in [3.63, 3.8) is 0 Å². The standard InChI is InChI=1S/C14H17ClFNO/c15-11-4-1-9(7-12(11)16)8-17-13-5-6-18-14(13)10-2-3-10/h1,4,7,10,13-14,17H,2-3,5-6,8H2. The zero-order valence-electron chi connectivity index (χ0n) is 10.2. The van der Waals surface area contributed by atoms with Gasteiger partial charge in [-0.25, -0.2) is 4.39 Å². The van der Waals surface area contributed by atoms with Crippen molar-refractivity contribution >= 4 is 11.6 Å². The minimum absolute atomic E-state index is 0.179. The van der Waals surface area contributed by atoms with E-state index in [0.717, 1.165) is 24.5 Å². The first-order valence-electron chi connectivity index (χ1n) is 6.53. The molecule has 0 amide bonds. The molecule has 2 nitrogen and oxygen atoms in total. The van der Waals surface area contributed by atoms with E-state index >= 15 is 0 Å². The van der Waals surface area contributed by atoms with E-state index in [1.165, 1.54) is 18.9 Å². The molecule has 0 spiro atoms. The molecule has 1 saturated heterocycles. The van der Waals surface area contributed by atoms with E-state index in [1.54, 1.807) is 6.07 Å². The van der Waals surface area contributed by atoms with Gasteiger partial charge in [0.15, 0.2) is 0 Å². The van der Waals surface area contributed by atoms with Gasteiger partial charge in [-0.05, 0) is 42.9 Å². The quantitative estimate of drug-likeness (QED) is 0.907. The third-order valence-corrected chi connectivity index (χ3v) is 4.08. The summed E-state index contributed by atoms with van der Waals surface area (Å²) in [5.41, 5.74) is 0.929. The SMILES string of the molecule is Fc1cc(CNC2CCOC2C2CC2)ccc1Cl. The molecule has 2 atom stereocenters. The van der Waals surface area contributed by atoms with Gasteiger partial charge in [0.1, 0.15) is 5.82 Å². The summed E-state index contributed by atoms with van der Waals surface area (Å²) in [6.45, 7) is 1.51. The Morgan fingerprint density at radius 3 is 2.89 bits per heavy atom. The number of nitrogens with one attached hydrogen (secondary N) is 1. The molecule has 4 heteroatoms. The molecule has 0 radical (unpaired) electrons. The van der Waals surface area contributed by atoms with Gasteiger partial charge in [0.25, 0.3) is 0 Å². The molecule has 2 unspecified atom stereocenters. The van der Waals surface area contributed by atoms with E-state index in [0.29, 0.717) is 18.7 Å². The van der Waals surface area contributed by atoms with E-state index in [-0.39, 0.29) is 10.8 Å². The van der Waals surface area contributed by atoms with E-state index in [9.17, 15) is 4.39 Å². The van der Waals surface area contributed by atoms with Crippen LogP contribution in [0.1, 0.15) is 24.8 Å². The van der Waals surface area contributed by atoms with E-state index in [1.807, 2.05) is 6.07 Å². The summed E-state index contributed by atoms with van der Waals surface area (Å²) < 4.78 is 19.1. The Labute approximate surface area is 111 Å². The Morgan fingerprint density at radius 2 is 2.17 bits per heavy atom. The van der Waals surface area contributed by atoms with Gasteiger partial charge in [0.2, 0.25) is 0 Å². The van der Waals surface area contributed by atoms with Crippen LogP contribution >= 0.6 is 11.6 Å². The first-order chi connectivity index (χ1) is 8.74. The van der Waals surface area contributed by atoms with Crippen LogP contribution in [-0.2, 0) is 11.3 Å². The molecule has 3 rings (SSSR count). The third kappa shape index (κ3) is 2.68. The number of rotatable bonds is 4. The van der Waals surface area contributed by atoms with Crippen molar-refractivity contribution in [2.24, 2.45) is 5.92 Å². The molecule has 1 aromatic rings. The Bertz CT molecular complexity index is 436. The zero-order valence-corrected chi connectivity index (χ0v) is 10.9. The maximum absolute atomic E-state index is 13.3. The Balaban J connectivity index is 1.58. The lowest BCUT2D eigenvalue weighted by Gasteiger charge is -2.19. The molecule has 2 fully saturated rings. The highest BCUT2D eigenvalue weighted by atomic mass is 35.5. The largest absolute Gasteiger partial charge is 0.376 e. The fourth-order valence-corrected chi connectivity index (χ4v) is 2.74. The molecular weight excluding hydrogens is 253 g/mol. The van der Waals surface area contributed by atoms with E-state index < -0.39 is 0 Å². The van der Waals surface area contributed by atoms with Crippen molar-refractivity contribution in [3.05, 3.63) is 34.6 Å². The number of ether oxygens (including phenoxy) is 1. The monoisotopic (exact) mass is 269 g/mol. The van der Waals surface area contributed by atoms with Crippen LogP contribution in [0.5, 0.6) is 0 Å². The van der Waals surface area contributed by atoms with Crippen LogP contribution in [0.2, 0.25) is 5.02 Å². The van der Waals surface area contributed by atoms with Crippen LogP contribution in [0.3, 0.4) is 0 Å². The normalized spacial score (nSPS) is 27.7. The average Bonchev–Trinajstić information content (AvgIpc) is 3.10. The van der Waals surface area contributed by atoms with Crippen LogP contribution < -0.4 is 5.32 Å². The van der Waals surface area contributed by atoms with Crippen LogP contribution in [0.15, 0.2) is 18.2 Å². The molecule has 98 valence electrons. The van der Waals surface area contributed by atoms with Gasteiger partial charge in [0, 0.05) is 19.2 Å². The minimum atomic E-state index is -0.350. The van der Waals surface area contributed by atoms with Crippen LogP contribution in [0.4, 0.5) is 4.39 Å². The van der Waals surface area contributed by atoms with Gasteiger partial charge in [-0.15, -0.1) is 0 Å². The lowest BCUT2D eigenvalue weighted by Crippen LogP contribution is -2.37. The highest BCUT2D eigenvalue weighted by Gasteiger charge is 2.40. The van der Waals surface area contributed by atoms with Crippen LogP contribution in [0.25, 0.3) is 0 Å². The van der Waals surface area contributed by atoms with E-state index in [4.69, 9.17) is 16.3 Å². The summed E-state index contributed by atoms with van der Waals surface area (Å²) in [5, 5.41) is 3.66. The molecule has 1 aliphatic heterocycles. The van der Waals surface area contributed by atoms with Gasteiger partial charge in [-0.3, -0.25) is 0 Å². The summed E-state index contributed by atoms with van der Waals surface area (Å²) in [5.74, 6) is 0.393. The van der Waals surface area contributed by atoms with Crippen molar-refractivity contribution in [1.29, 1.82) is 0 Å². The van der Waals surface area contributed by atoms with Gasteiger partial charge < -0.3 is 10.1 Å². The van der Waals surface area contributed by atoms with Crippen molar-refractivity contribution in [2.45, 2.75) is 38.0 Å². The van der Waals surface area contributed by atoms with Crippen molar-refractivity contribution < 1.29 is 9.13 Å². The highest BCUT2D eigenvalue weighted by molar-refractivity contribution is 6.30. The van der Waals surface area contributed by atoms with E-state index in [2.05, 4.69) is 5.32 Å². The highest BCUT2D eigenvalue weighted by Crippen LogP contribution is 2.38. The second-order valence-electron chi connectivity index (χ2n) is 5.20. The molecular formula is C14H17ClFNO. The maximum atomic E-state index is 13.3. The first-order valence-corrected chi connectivity index (χ1v) is 6.91. The topological polar surface area (TPSA) is 21.3 Å². The second kappa shape index (κ2) is 5.16. The molecule has 18 heavy (non-hydrogen) atoms. The average molecular weight is 270 g/mol. The summed E-state index contributed by atoms with van der Waals surface area (Å²) >= 11 is 5.67. The van der Waals surface area contributed by atoms with Crippen molar-refractivity contribution in [3.8, 4) is 0 Å². The van der Waals surface area contributed by atoms with Gasteiger partial charge in [-0.1, -0.05) is 17.7 Å². The van der Waals surface area contributed by atoms with Crippen LogP contribution in [-0.4, -0.2) is 18.8 Å². The number of benzene rings is 1. The third-order valence-electron chi connectivity index (χ3n) is 3.77. The predicted octanol–water partition coefficient (Wildman–Crippen LogP) is 3.14. The Kier molecular flexibility index (Phi) is 3.55. The van der Waals surface area contributed by atoms with Gasteiger partial charge in [-0.2, -0.15) is 0 Å². The number of hydrogen-bond acceptors (Lipinski definition) is 2. The van der Waals surface area contributed by atoms with Crippen molar-refractivity contribution in [2.75, 3.05) is 6.61 Å². The minimum Gasteiger partial charge on any atom is -0.376 e. The molecule has 0 aromatic heterocycles. The molecule has 0 bridgehead atoms. The molecule has 1 heterocycles. The fourth-order valence-electron chi connectivity index (χ4n) is 2.62. The number of hydrogen-bond donors (Lipinski definition) is 1. The Morgan fingerprint density at radius 1 is 1.33 bits per heavy atom. The predicted molar refractivity (Wildman–Crippen MR) is 69.1 cm³/mol. The van der Waals surface area contributed by atoms with Crippen LogP contribution in [0, 0.1) is 11.7 Å². The molecule has 1 aromatic carbocycles. The van der Waals surface area contributed by atoms with Crippen molar-refractivity contribution in [1.82, 2.24) is 5.32 Å². The lowest BCUT2D eigenvalue weighted by molar-refractivity contribution is 0.0809. The molecule has 2 aliphatic rings. The number of halogens is 2. The molecule has 1 aliphatic carbocycles. The zero-order chi connectivity index (χ0) is 12.5. The molecule has 1 saturated carbocycles. The summed E-state index contributed by atoms with van der Waals surface area (Å²) in [6, 6.07) is 5.38. The summed E-state index contributed by atoms with van der Waals surface area (Å²) in [4.78, 5) is 0. The summed E-state index contributed by atoms with van der Waals surface area (Å²) in [7, 11) is 0. The first kappa shape index (κ1) is 12.4. The lowest BCUT2D eigenvalue weighted by atomic mass is 10.1. The fraction of sp³-hybridized carbons (Fsp3) is 0.571. The Hall–Kier alpha value is -0.640. The summed E-state index contributed by atoms with van der Waals surface area (Å²) in [6.07, 6.45) is 4.00. The smallest absolute Gasteiger partial charge is 0.142 e.